The Hall–Kier alpha value is -1.31. The summed E-state index contributed by atoms with van der Waals surface area (Å²) in [5.74, 6) is 0. The summed E-state index contributed by atoms with van der Waals surface area (Å²) in [6, 6.07) is 8.47. The highest BCUT2D eigenvalue weighted by Crippen LogP contribution is 2.28. The Morgan fingerprint density at radius 2 is 2.08 bits per heavy atom. The third-order valence-corrected chi connectivity index (χ3v) is 2.20. The Kier molecular flexibility index (Phi) is 1.61. The Bertz CT molecular complexity index is 328. The monoisotopic (exact) mass is 160 g/mol. The molecule has 12 heavy (non-hydrogen) atoms. The summed E-state index contributed by atoms with van der Waals surface area (Å²) in [5.41, 5.74) is 3.33. The van der Waals surface area contributed by atoms with Gasteiger partial charge in [-0.25, -0.2) is 0 Å². The molecule has 0 fully saturated rings. The Balaban J connectivity index is 2.49. The van der Waals surface area contributed by atoms with Crippen LogP contribution in [0.5, 0.6) is 0 Å². The van der Waals surface area contributed by atoms with Crippen molar-refractivity contribution in [2.75, 3.05) is 5.32 Å². The molecule has 1 atom stereocenters. The predicted molar refractivity (Wildman–Crippen MR) is 52.3 cm³/mol. The second-order valence-corrected chi connectivity index (χ2v) is 3.14. The second kappa shape index (κ2) is 2.63. The minimum atomic E-state index is 0.361. The molecule has 62 valence electrons. The third kappa shape index (κ3) is 1.09. The zero-order valence-electron chi connectivity index (χ0n) is 7.33. The van der Waals surface area contributed by atoms with Crippen molar-refractivity contribution < 1.29 is 0 Å². The number of hydrogen-bond donors (Lipinski definition) is 1. The second-order valence-electron chi connectivity index (χ2n) is 3.14. The van der Waals surface area contributed by atoms with Crippen LogP contribution in [0, 0.1) is 0 Å². The van der Waals surface area contributed by atoms with Gasteiger partial charge in [0.05, 0.1) is 17.4 Å². The molecule has 1 N–H and O–H groups in total. The maximum atomic E-state index is 4.48. The molecule has 0 radical (unpaired) electrons. The van der Waals surface area contributed by atoms with Crippen molar-refractivity contribution >= 4 is 17.1 Å². The van der Waals surface area contributed by atoms with E-state index in [0.717, 1.165) is 17.1 Å². The quantitative estimate of drug-likeness (QED) is 0.619. The summed E-state index contributed by atoms with van der Waals surface area (Å²) in [6.45, 7) is 4.17. The first-order valence-electron chi connectivity index (χ1n) is 4.18. The van der Waals surface area contributed by atoms with Crippen LogP contribution in [0.1, 0.15) is 13.8 Å². The lowest BCUT2D eigenvalue weighted by atomic mass is 10.1. The van der Waals surface area contributed by atoms with Crippen molar-refractivity contribution in [3.63, 3.8) is 0 Å². The maximum absolute atomic E-state index is 4.48. The van der Waals surface area contributed by atoms with Gasteiger partial charge < -0.3 is 5.32 Å². The van der Waals surface area contributed by atoms with E-state index in [1.165, 1.54) is 0 Å². The number of para-hydroxylation sites is 2. The summed E-state index contributed by atoms with van der Waals surface area (Å²) < 4.78 is 0. The zero-order valence-corrected chi connectivity index (χ0v) is 7.33. The number of fused-ring (bicyclic) bond motifs is 1. The number of aliphatic imine (C=N–C) groups is 1. The maximum Gasteiger partial charge on any atom is 0.0861 e. The van der Waals surface area contributed by atoms with Crippen LogP contribution in [-0.4, -0.2) is 11.8 Å². The van der Waals surface area contributed by atoms with Crippen LogP contribution >= 0.6 is 0 Å². The molecule has 2 rings (SSSR count). The SMILES string of the molecule is CC1=Nc2ccccc2NC1C. The lowest BCUT2D eigenvalue weighted by Gasteiger charge is -2.21. The molecule has 1 aliphatic rings. The predicted octanol–water partition coefficient (Wildman–Crippen LogP) is 2.59. The molecule has 2 heteroatoms. The standard InChI is InChI=1S/C10H12N2/c1-7-8(2)12-10-6-4-3-5-9(10)11-7/h3-7,11H,1-2H3. The van der Waals surface area contributed by atoms with E-state index < -0.39 is 0 Å². The fourth-order valence-electron chi connectivity index (χ4n) is 1.32. The lowest BCUT2D eigenvalue weighted by Crippen LogP contribution is -2.26. The first kappa shape index (κ1) is 7.35. The normalized spacial score (nSPS) is 20.8. The van der Waals surface area contributed by atoms with Crippen LogP contribution in [-0.2, 0) is 0 Å². The lowest BCUT2D eigenvalue weighted by molar-refractivity contribution is 1.02. The molecule has 0 aliphatic carbocycles. The highest BCUT2D eigenvalue weighted by Gasteiger charge is 2.13. The minimum absolute atomic E-state index is 0.361. The molecule has 1 unspecified atom stereocenters. The Morgan fingerprint density at radius 3 is 2.92 bits per heavy atom. The number of anilines is 1. The average Bonchev–Trinajstić information content (AvgIpc) is 2.07. The van der Waals surface area contributed by atoms with Gasteiger partial charge in [-0.2, -0.15) is 0 Å². The molecule has 1 heterocycles. The average molecular weight is 160 g/mol. The number of rotatable bonds is 0. The molecule has 2 nitrogen and oxygen atoms in total. The van der Waals surface area contributed by atoms with E-state index in [4.69, 9.17) is 0 Å². The fourth-order valence-corrected chi connectivity index (χ4v) is 1.32. The van der Waals surface area contributed by atoms with Crippen LogP contribution in [0.4, 0.5) is 11.4 Å². The van der Waals surface area contributed by atoms with Gasteiger partial charge in [-0.05, 0) is 26.0 Å². The number of nitrogens with one attached hydrogen (secondary N) is 1. The molecule has 0 saturated heterocycles. The van der Waals surface area contributed by atoms with Gasteiger partial charge >= 0.3 is 0 Å². The number of hydrogen-bond acceptors (Lipinski definition) is 2. The zero-order chi connectivity index (χ0) is 8.55. The molecular weight excluding hydrogens is 148 g/mol. The smallest absolute Gasteiger partial charge is 0.0861 e. The summed E-state index contributed by atoms with van der Waals surface area (Å²) >= 11 is 0. The van der Waals surface area contributed by atoms with E-state index in [1.54, 1.807) is 0 Å². The van der Waals surface area contributed by atoms with Crippen molar-refractivity contribution in [3.8, 4) is 0 Å². The van der Waals surface area contributed by atoms with Gasteiger partial charge in [-0.3, -0.25) is 4.99 Å². The molecule has 1 aromatic rings. The van der Waals surface area contributed by atoms with Crippen LogP contribution in [0.25, 0.3) is 0 Å². The van der Waals surface area contributed by atoms with Crippen molar-refractivity contribution in [2.24, 2.45) is 4.99 Å². The van der Waals surface area contributed by atoms with Crippen molar-refractivity contribution in [1.82, 2.24) is 0 Å². The topological polar surface area (TPSA) is 24.4 Å². The molecule has 1 aromatic carbocycles. The van der Waals surface area contributed by atoms with Crippen LogP contribution in [0.3, 0.4) is 0 Å². The molecule has 1 aliphatic heterocycles. The largest absolute Gasteiger partial charge is 0.376 e. The molecule has 0 amide bonds. The van der Waals surface area contributed by atoms with Crippen molar-refractivity contribution in [2.45, 2.75) is 19.9 Å². The Morgan fingerprint density at radius 1 is 1.33 bits per heavy atom. The summed E-state index contributed by atoms with van der Waals surface area (Å²) in [6.07, 6.45) is 0. The highest BCUT2D eigenvalue weighted by atomic mass is 15.0. The minimum Gasteiger partial charge on any atom is -0.376 e. The highest BCUT2D eigenvalue weighted by molar-refractivity contribution is 5.96. The van der Waals surface area contributed by atoms with Crippen LogP contribution < -0.4 is 5.32 Å². The van der Waals surface area contributed by atoms with E-state index in [2.05, 4.69) is 23.3 Å². The molecule has 0 aromatic heterocycles. The van der Waals surface area contributed by atoms with Gasteiger partial charge in [0.1, 0.15) is 0 Å². The van der Waals surface area contributed by atoms with E-state index in [0.29, 0.717) is 6.04 Å². The van der Waals surface area contributed by atoms with Gasteiger partial charge in [0.25, 0.3) is 0 Å². The first-order chi connectivity index (χ1) is 5.77. The van der Waals surface area contributed by atoms with Gasteiger partial charge in [0.2, 0.25) is 0 Å². The molecule has 0 saturated carbocycles. The van der Waals surface area contributed by atoms with E-state index in [-0.39, 0.29) is 0 Å². The summed E-state index contributed by atoms with van der Waals surface area (Å²) in [4.78, 5) is 4.48. The third-order valence-electron chi connectivity index (χ3n) is 2.20. The van der Waals surface area contributed by atoms with Gasteiger partial charge in [-0.1, -0.05) is 12.1 Å². The van der Waals surface area contributed by atoms with Crippen molar-refractivity contribution in [1.29, 1.82) is 0 Å². The van der Waals surface area contributed by atoms with Gasteiger partial charge in [0.15, 0.2) is 0 Å². The summed E-state index contributed by atoms with van der Waals surface area (Å²) in [7, 11) is 0. The number of nitrogens with zero attached hydrogens (tertiary/aromatic N) is 1. The van der Waals surface area contributed by atoms with Crippen molar-refractivity contribution in [3.05, 3.63) is 24.3 Å². The molecule has 0 spiro atoms. The van der Waals surface area contributed by atoms with E-state index in [1.807, 2.05) is 25.1 Å². The Labute approximate surface area is 72.3 Å². The van der Waals surface area contributed by atoms with E-state index in [9.17, 15) is 0 Å². The molecular formula is C10H12N2. The van der Waals surface area contributed by atoms with Crippen LogP contribution in [0.2, 0.25) is 0 Å². The fraction of sp³-hybridized carbons (Fsp3) is 0.300. The van der Waals surface area contributed by atoms with Gasteiger partial charge in [0, 0.05) is 5.71 Å². The number of benzene rings is 1. The molecule has 0 bridgehead atoms. The van der Waals surface area contributed by atoms with Gasteiger partial charge in [-0.15, -0.1) is 0 Å². The first-order valence-corrected chi connectivity index (χ1v) is 4.18. The van der Waals surface area contributed by atoms with E-state index >= 15 is 0 Å². The van der Waals surface area contributed by atoms with Crippen LogP contribution in [0.15, 0.2) is 29.3 Å². The summed E-state index contributed by atoms with van der Waals surface area (Å²) in [5, 5.41) is 3.38.